The topological polar surface area (TPSA) is 25.4 Å². The number of hydrogen-bond acceptors (Lipinski definition) is 3. The SMILES string of the molecule is Cc1ccc(CN2CC3COCC(C3)C2)nc1. The second-order valence-electron chi connectivity index (χ2n) is 5.53. The number of aromatic nitrogens is 1. The van der Waals surface area contributed by atoms with Gasteiger partial charge in [0.1, 0.15) is 0 Å². The summed E-state index contributed by atoms with van der Waals surface area (Å²) in [7, 11) is 0. The molecule has 3 heterocycles. The molecule has 0 spiro atoms. The van der Waals surface area contributed by atoms with Gasteiger partial charge in [0.25, 0.3) is 0 Å². The fourth-order valence-corrected chi connectivity index (χ4v) is 3.02. The number of pyridine rings is 1. The summed E-state index contributed by atoms with van der Waals surface area (Å²) in [4.78, 5) is 7.03. The molecule has 92 valence electrons. The third-order valence-electron chi connectivity index (χ3n) is 3.76. The Kier molecular flexibility index (Phi) is 3.12. The van der Waals surface area contributed by atoms with Gasteiger partial charge in [0.05, 0.1) is 18.9 Å². The van der Waals surface area contributed by atoms with Crippen molar-refractivity contribution < 1.29 is 4.74 Å². The van der Waals surface area contributed by atoms with Crippen LogP contribution in [0, 0.1) is 18.8 Å². The Labute approximate surface area is 103 Å². The van der Waals surface area contributed by atoms with E-state index < -0.39 is 0 Å². The molecule has 3 rings (SSSR count). The van der Waals surface area contributed by atoms with Gasteiger partial charge in [0.15, 0.2) is 0 Å². The zero-order chi connectivity index (χ0) is 11.7. The van der Waals surface area contributed by atoms with E-state index in [9.17, 15) is 0 Å². The van der Waals surface area contributed by atoms with Crippen LogP contribution in [0.1, 0.15) is 17.7 Å². The van der Waals surface area contributed by atoms with Gasteiger partial charge in [0.2, 0.25) is 0 Å². The molecule has 0 aliphatic carbocycles. The summed E-state index contributed by atoms with van der Waals surface area (Å²) in [5.74, 6) is 1.49. The maximum atomic E-state index is 5.61. The van der Waals surface area contributed by atoms with E-state index in [1.54, 1.807) is 0 Å². The molecular weight excluding hydrogens is 212 g/mol. The molecular formula is C14H20N2O. The highest BCUT2D eigenvalue weighted by Gasteiger charge is 2.31. The Morgan fingerprint density at radius 3 is 2.71 bits per heavy atom. The monoisotopic (exact) mass is 232 g/mol. The smallest absolute Gasteiger partial charge is 0.0544 e. The number of piperidine rings is 1. The van der Waals surface area contributed by atoms with Gasteiger partial charge in [0, 0.05) is 25.8 Å². The number of ether oxygens (including phenoxy) is 1. The van der Waals surface area contributed by atoms with Gasteiger partial charge in [-0.1, -0.05) is 6.07 Å². The molecule has 1 aromatic rings. The lowest BCUT2D eigenvalue weighted by Gasteiger charge is -2.41. The van der Waals surface area contributed by atoms with Gasteiger partial charge >= 0.3 is 0 Å². The molecule has 2 aliphatic heterocycles. The molecule has 17 heavy (non-hydrogen) atoms. The summed E-state index contributed by atoms with van der Waals surface area (Å²) in [6, 6.07) is 4.30. The van der Waals surface area contributed by atoms with Crippen LogP contribution in [0.25, 0.3) is 0 Å². The average Bonchev–Trinajstić information content (AvgIpc) is 2.32. The second kappa shape index (κ2) is 4.75. The van der Waals surface area contributed by atoms with Crippen LogP contribution in [0.4, 0.5) is 0 Å². The van der Waals surface area contributed by atoms with Crippen molar-refractivity contribution in [2.75, 3.05) is 26.3 Å². The van der Waals surface area contributed by atoms with Crippen molar-refractivity contribution in [3.8, 4) is 0 Å². The van der Waals surface area contributed by atoms with Crippen molar-refractivity contribution in [1.82, 2.24) is 9.88 Å². The first-order chi connectivity index (χ1) is 8.29. The standard InChI is InChI=1S/C14H20N2O/c1-11-2-3-14(15-5-11)8-16-6-12-4-13(7-16)10-17-9-12/h2-3,5,12-13H,4,6-10H2,1H3. The maximum Gasteiger partial charge on any atom is 0.0544 e. The fourth-order valence-electron chi connectivity index (χ4n) is 3.02. The number of nitrogens with zero attached hydrogens (tertiary/aromatic N) is 2. The second-order valence-corrected chi connectivity index (χ2v) is 5.53. The number of rotatable bonds is 2. The van der Waals surface area contributed by atoms with Gasteiger partial charge in [-0.05, 0) is 36.8 Å². The van der Waals surface area contributed by atoms with Crippen molar-refractivity contribution in [2.45, 2.75) is 19.9 Å². The van der Waals surface area contributed by atoms with Crippen LogP contribution in [0.2, 0.25) is 0 Å². The molecule has 2 bridgehead atoms. The molecule has 2 aliphatic rings. The highest BCUT2D eigenvalue weighted by atomic mass is 16.5. The lowest BCUT2D eigenvalue weighted by Crippen LogP contribution is -2.46. The molecule has 2 unspecified atom stereocenters. The van der Waals surface area contributed by atoms with Gasteiger partial charge in [-0.25, -0.2) is 0 Å². The van der Waals surface area contributed by atoms with E-state index in [4.69, 9.17) is 4.74 Å². The summed E-state index contributed by atoms with van der Waals surface area (Å²) in [5, 5.41) is 0. The quantitative estimate of drug-likeness (QED) is 0.778. The van der Waals surface area contributed by atoms with E-state index in [0.717, 1.165) is 31.6 Å². The highest BCUT2D eigenvalue weighted by molar-refractivity contribution is 5.12. The highest BCUT2D eigenvalue weighted by Crippen LogP contribution is 2.27. The maximum absolute atomic E-state index is 5.61. The van der Waals surface area contributed by atoms with Gasteiger partial charge in [-0.15, -0.1) is 0 Å². The first-order valence-corrected chi connectivity index (χ1v) is 6.51. The molecule has 0 aromatic carbocycles. The van der Waals surface area contributed by atoms with Crippen molar-refractivity contribution in [1.29, 1.82) is 0 Å². The Hall–Kier alpha value is -0.930. The largest absolute Gasteiger partial charge is 0.381 e. The van der Waals surface area contributed by atoms with Crippen molar-refractivity contribution in [3.63, 3.8) is 0 Å². The van der Waals surface area contributed by atoms with E-state index in [1.165, 1.54) is 30.8 Å². The predicted molar refractivity (Wildman–Crippen MR) is 66.7 cm³/mol. The molecule has 0 N–H and O–H groups in total. The molecule has 3 nitrogen and oxygen atoms in total. The zero-order valence-electron chi connectivity index (χ0n) is 10.4. The van der Waals surface area contributed by atoms with Gasteiger partial charge in [-0.2, -0.15) is 0 Å². The van der Waals surface area contributed by atoms with E-state index in [2.05, 4.69) is 28.9 Å². The Balaban J connectivity index is 1.63. The number of hydrogen-bond donors (Lipinski definition) is 0. The Bertz CT molecular complexity index is 364. The van der Waals surface area contributed by atoms with Crippen LogP contribution in [-0.4, -0.2) is 36.2 Å². The molecule has 2 fully saturated rings. The van der Waals surface area contributed by atoms with Crippen molar-refractivity contribution >= 4 is 0 Å². The summed E-state index contributed by atoms with van der Waals surface area (Å²) in [6.07, 6.45) is 3.32. The summed E-state index contributed by atoms with van der Waals surface area (Å²) in [5.41, 5.74) is 2.43. The lowest BCUT2D eigenvalue weighted by molar-refractivity contribution is -0.0427. The van der Waals surface area contributed by atoms with E-state index in [1.807, 2.05) is 6.20 Å². The minimum atomic E-state index is 0.743. The summed E-state index contributed by atoms with van der Waals surface area (Å²) >= 11 is 0. The van der Waals surface area contributed by atoms with Crippen LogP contribution in [-0.2, 0) is 11.3 Å². The van der Waals surface area contributed by atoms with E-state index in [-0.39, 0.29) is 0 Å². The molecule has 0 amide bonds. The lowest BCUT2D eigenvalue weighted by atomic mass is 9.88. The molecule has 3 heteroatoms. The van der Waals surface area contributed by atoms with Gasteiger partial charge < -0.3 is 4.74 Å². The molecule has 0 radical (unpaired) electrons. The number of likely N-dealkylation sites (tertiary alicyclic amines) is 1. The molecule has 1 aromatic heterocycles. The van der Waals surface area contributed by atoms with Crippen LogP contribution < -0.4 is 0 Å². The Morgan fingerprint density at radius 1 is 1.29 bits per heavy atom. The van der Waals surface area contributed by atoms with Crippen molar-refractivity contribution in [2.24, 2.45) is 11.8 Å². The van der Waals surface area contributed by atoms with Crippen LogP contribution in [0.15, 0.2) is 18.3 Å². The summed E-state index contributed by atoms with van der Waals surface area (Å²) in [6.45, 7) is 7.33. The minimum Gasteiger partial charge on any atom is -0.381 e. The first kappa shape index (κ1) is 11.2. The Morgan fingerprint density at radius 2 is 2.06 bits per heavy atom. The predicted octanol–water partition coefficient (Wildman–Crippen LogP) is 1.86. The summed E-state index contributed by atoms with van der Waals surface area (Å²) < 4.78 is 5.61. The van der Waals surface area contributed by atoms with Crippen molar-refractivity contribution in [3.05, 3.63) is 29.6 Å². The van der Waals surface area contributed by atoms with E-state index >= 15 is 0 Å². The van der Waals surface area contributed by atoms with Crippen LogP contribution >= 0.6 is 0 Å². The minimum absolute atomic E-state index is 0.743. The van der Waals surface area contributed by atoms with Crippen LogP contribution in [0.5, 0.6) is 0 Å². The number of fused-ring (bicyclic) bond motifs is 2. The average molecular weight is 232 g/mol. The molecule has 2 saturated heterocycles. The van der Waals surface area contributed by atoms with E-state index in [0.29, 0.717) is 0 Å². The fraction of sp³-hybridized carbons (Fsp3) is 0.643. The number of aryl methyl sites for hydroxylation is 1. The zero-order valence-corrected chi connectivity index (χ0v) is 10.4. The first-order valence-electron chi connectivity index (χ1n) is 6.51. The normalized spacial score (nSPS) is 29.2. The van der Waals surface area contributed by atoms with Crippen LogP contribution in [0.3, 0.4) is 0 Å². The third kappa shape index (κ3) is 2.67. The van der Waals surface area contributed by atoms with Gasteiger partial charge in [-0.3, -0.25) is 9.88 Å². The molecule has 0 saturated carbocycles. The third-order valence-corrected chi connectivity index (χ3v) is 3.76. The molecule has 2 atom stereocenters.